The zero-order chi connectivity index (χ0) is 23.3. The predicted octanol–water partition coefficient (Wildman–Crippen LogP) is 5.14. The van der Waals surface area contributed by atoms with Crippen molar-refractivity contribution in [2.45, 2.75) is 65.5 Å². The summed E-state index contributed by atoms with van der Waals surface area (Å²) < 4.78 is 16.7. The molecule has 1 unspecified atom stereocenters. The number of nitrogens with zero attached hydrogens (tertiary/aromatic N) is 1. The molecule has 0 aliphatic carbocycles. The summed E-state index contributed by atoms with van der Waals surface area (Å²) in [6.07, 6.45) is 1.76. The summed E-state index contributed by atoms with van der Waals surface area (Å²) in [7, 11) is 3.23. The topological polar surface area (TPSA) is 68.2 Å². The number of hydrogen-bond acceptors (Lipinski definition) is 5. The van der Waals surface area contributed by atoms with E-state index in [1.54, 1.807) is 19.1 Å². The fraction of sp³-hybridized carbons (Fsp3) is 0.640. The van der Waals surface area contributed by atoms with E-state index in [0.29, 0.717) is 36.8 Å². The quantitative estimate of drug-likeness (QED) is 0.575. The number of aliphatic hydroxyl groups is 1. The van der Waals surface area contributed by atoms with E-state index in [-0.39, 0.29) is 24.7 Å². The lowest BCUT2D eigenvalue weighted by Gasteiger charge is -2.40. The summed E-state index contributed by atoms with van der Waals surface area (Å²) >= 11 is 0. The monoisotopic (exact) mass is 433 g/mol. The number of amides is 1. The van der Waals surface area contributed by atoms with Crippen LogP contribution in [0.5, 0.6) is 11.5 Å². The second kappa shape index (κ2) is 10.4. The Labute approximate surface area is 187 Å². The molecule has 1 aromatic carbocycles. The zero-order valence-electron chi connectivity index (χ0n) is 20.2. The first-order valence-corrected chi connectivity index (χ1v) is 11.0. The van der Waals surface area contributed by atoms with Crippen molar-refractivity contribution in [3.05, 3.63) is 35.4 Å². The SMILES string of the molecule is C=C(CC(C)C)C(CO)C[C@@H]1c2cc(OC)c(OC)cc2CCN1C(=O)OC(C)(C)C. The Balaban J connectivity index is 2.47. The molecule has 1 aromatic rings. The lowest BCUT2D eigenvalue weighted by Crippen LogP contribution is -2.44. The number of rotatable bonds is 8. The van der Waals surface area contributed by atoms with E-state index in [2.05, 4.69) is 20.4 Å². The third-order valence-corrected chi connectivity index (χ3v) is 5.61. The van der Waals surface area contributed by atoms with Crippen molar-refractivity contribution in [3.8, 4) is 11.5 Å². The number of ether oxygens (including phenoxy) is 3. The number of benzene rings is 1. The van der Waals surface area contributed by atoms with Crippen LogP contribution in [0.25, 0.3) is 0 Å². The molecular formula is C25H39NO5. The van der Waals surface area contributed by atoms with Crippen LogP contribution in [0.3, 0.4) is 0 Å². The molecule has 31 heavy (non-hydrogen) atoms. The van der Waals surface area contributed by atoms with Crippen LogP contribution >= 0.6 is 0 Å². The Morgan fingerprint density at radius 1 is 1.23 bits per heavy atom. The third kappa shape index (κ3) is 6.39. The molecule has 174 valence electrons. The molecule has 0 saturated carbocycles. The minimum atomic E-state index is -0.586. The van der Waals surface area contributed by atoms with Crippen LogP contribution < -0.4 is 9.47 Å². The fourth-order valence-corrected chi connectivity index (χ4v) is 4.15. The molecule has 1 aliphatic rings. The smallest absolute Gasteiger partial charge is 0.410 e. The lowest BCUT2D eigenvalue weighted by atomic mass is 9.82. The summed E-state index contributed by atoms with van der Waals surface area (Å²) in [5.41, 5.74) is 2.55. The van der Waals surface area contributed by atoms with Gasteiger partial charge in [-0.3, -0.25) is 0 Å². The zero-order valence-corrected chi connectivity index (χ0v) is 20.2. The summed E-state index contributed by atoms with van der Waals surface area (Å²) in [6, 6.07) is 3.69. The number of methoxy groups -OCH3 is 2. The minimum Gasteiger partial charge on any atom is -0.493 e. The van der Waals surface area contributed by atoms with Gasteiger partial charge < -0.3 is 24.2 Å². The maximum atomic E-state index is 13.1. The second-order valence-electron chi connectivity index (χ2n) is 9.72. The fourth-order valence-electron chi connectivity index (χ4n) is 4.15. The normalized spacial score (nSPS) is 17.2. The van der Waals surface area contributed by atoms with Gasteiger partial charge in [0.2, 0.25) is 0 Å². The number of aliphatic hydroxyl groups excluding tert-OH is 1. The van der Waals surface area contributed by atoms with Crippen molar-refractivity contribution in [2.75, 3.05) is 27.4 Å². The molecule has 0 bridgehead atoms. The number of carbonyl (C=O) groups is 1. The van der Waals surface area contributed by atoms with E-state index in [1.807, 2.05) is 32.9 Å². The van der Waals surface area contributed by atoms with Crippen LogP contribution in [0, 0.1) is 11.8 Å². The number of fused-ring (bicyclic) bond motifs is 1. The van der Waals surface area contributed by atoms with E-state index < -0.39 is 5.60 Å². The van der Waals surface area contributed by atoms with Crippen molar-refractivity contribution in [2.24, 2.45) is 11.8 Å². The highest BCUT2D eigenvalue weighted by atomic mass is 16.6. The van der Waals surface area contributed by atoms with Gasteiger partial charge in [0.25, 0.3) is 0 Å². The minimum absolute atomic E-state index is 0.00711. The second-order valence-corrected chi connectivity index (χ2v) is 9.72. The highest BCUT2D eigenvalue weighted by Crippen LogP contribution is 2.42. The first kappa shape index (κ1) is 25.1. The van der Waals surface area contributed by atoms with Crippen LogP contribution in [0.1, 0.15) is 64.6 Å². The van der Waals surface area contributed by atoms with E-state index in [0.717, 1.165) is 23.1 Å². The Morgan fingerprint density at radius 3 is 2.35 bits per heavy atom. The van der Waals surface area contributed by atoms with Crippen molar-refractivity contribution in [1.82, 2.24) is 4.90 Å². The largest absolute Gasteiger partial charge is 0.493 e. The summed E-state index contributed by atoms with van der Waals surface area (Å²) in [5, 5.41) is 10.1. The standard InChI is InChI=1S/C25H39NO5/c1-16(2)11-17(3)19(15-27)12-21-20-14-23(30-8)22(29-7)13-18(20)9-10-26(21)24(28)31-25(4,5)6/h13-14,16,19,21,27H,3,9-12,15H2,1-2,4-8H3/t19?,21-/m1/s1. The lowest BCUT2D eigenvalue weighted by molar-refractivity contribution is 0.0108. The van der Waals surface area contributed by atoms with Crippen LogP contribution in [-0.2, 0) is 11.2 Å². The van der Waals surface area contributed by atoms with Gasteiger partial charge in [0, 0.05) is 19.1 Å². The molecule has 0 spiro atoms. The van der Waals surface area contributed by atoms with Crippen LogP contribution in [0.2, 0.25) is 0 Å². The van der Waals surface area contributed by atoms with Crippen molar-refractivity contribution < 1.29 is 24.1 Å². The van der Waals surface area contributed by atoms with Gasteiger partial charge in [-0.2, -0.15) is 0 Å². The molecule has 0 aromatic heterocycles. The molecule has 6 heteroatoms. The van der Waals surface area contributed by atoms with Crippen molar-refractivity contribution in [1.29, 1.82) is 0 Å². The van der Waals surface area contributed by atoms with Crippen molar-refractivity contribution in [3.63, 3.8) is 0 Å². The predicted molar refractivity (Wildman–Crippen MR) is 123 cm³/mol. The number of carbonyl (C=O) groups excluding carboxylic acids is 1. The molecule has 1 amide bonds. The maximum Gasteiger partial charge on any atom is 0.410 e. The third-order valence-electron chi connectivity index (χ3n) is 5.61. The van der Waals surface area contributed by atoms with E-state index >= 15 is 0 Å². The molecule has 1 heterocycles. The molecule has 0 saturated heterocycles. The molecule has 0 radical (unpaired) electrons. The van der Waals surface area contributed by atoms with Gasteiger partial charge in [0.1, 0.15) is 5.60 Å². The van der Waals surface area contributed by atoms with E-state index in [4.69, 9.17) is 14.2 Å². The molecule has 2 rings (SSSR count). The summed E-state index contributed by atoms with van der Waals surface area (Å²) in [4.78, 5) is 14.9. The van der Waals surface area contributed by atoms with E-state index in [9.17, 15) is 9.90 Å². The Morgan fingerprint density at radius 2 is 1.84 bits per heavy atom. The van der Waals surface area contributed by atoms with Crippen LogP contribution in [0.15, 0.2) is 24.3 Å². The van der Waals surface area contributed by atoms with Gasteiger partial charge in [-0.1, -0.05) is 26.0 Å². The number of hydrogen-bond donors (Lipinski definition) is 1. The van der Waals surface area contributed by atoms with Gasteiger partial charge in [-0.15, -0.1) is 0 Å². The van der Waals surface area contributed by atoms with Gasteiger partial charge in [-0.25, -0.2) is 4.79 Å². The molecule has 2 atom stereocenters. The molecular weight excluding hydrogens is 394 g/mol. The molecule has 1 aliphatic heterocycles. The first-order valence-electron chi connectivity index (χ1n) is 11.0. The van der Waals surface area contributed by atoms with Crippen molar-refractivity contribution >= 4 is 6.09 Å². The van der Waals surface area contributed by atoms with Gasteiger partial charge in [-0.05, 0) is 69.2 Å². The highest BCUT2D eigenvalue weighted by Gasteiger charge is 2.36. The Bertz CT molecular complexity index is 781. The first-order chi connectivity index (χ1) is 14.5. The van der Waals surface area contributed by atoms with Crippen LogP contribution in [-0.4, -0.2) is 49.1 Å². The average Bonchev–Trinajstić information content (AvgIpc) is 2.68. The summed E-state index contributed by atoms with van der Waals surface area (Å²) in [5.74, 6) is 1.63. The van der Waals surface area contributed by atoms with Gasteiger partial charge >= 0.3 is 6.09 Å². The van der Waals surface area contributed by atoms with E-state index in [1.165, 1.54) is 0 Å². The molecule has 6 nitrogen and oxygen atoms in total. The molecule has 1 N–H and O–H groups in total. The van der Waals surface area contributed by atoms with Crippen LogP contribution in [0.4, 0.5) is 4.79 Å². The average molecular weight is 434 g/mol. The Kier molecular flexibility index (Phi) is 8.41. The van der Waals surface area contributed by atoms with Gasteiger partial charge in [0.05, 0.1) is 20.3 Å². The van der Waals surface area contributed by atoms with Gasteiger partial charge in [0.15, 0.2) is 11.5 Å². The maximum absolute atomic E-state index is 13.1. The highest BCUT2D eigenvalue weighted by molar-refractivity contribution is 5.70. The Hall–Kier alpha value is -2.21. The molecule has 0 fully saturated rings. The summed E-state index contributed by atoms with van der Waals surface area (Å²) in [6.45, 7) is 14.7.